The fourth-order valence-corrected chi connectivity index (χ4v) is 1.17. The molecule has 0 aliphatic carbocycles. The largest absolute Gasteiger partial charge is 0.335 e. The number of nitrogens with one attached hydrogen (secondary N) is 2. The molecule has 5 heteroatoms. The van der Waals surface area contributed by atoms with Crippen molar-refractivity contribution < 1.29 is 9.59 Å². The topological polar surface area (TPSA) is 58.2 Å². The van der Waals surface area contributed by atoms with Gasteiger partial charge in [0.1, 0.15) is 5.88 Å². The van der Waals surface area contributed by atoms with Crippen LogP contribution in [0, 0.1) is 5.92 Å². The lowest BCUT2D eigenvalue weighted by Gasteiger charge is -2.20. The minimum atomic E-state index is -0.484. The lowest BCUT2D eigenvalue weighted by molar-refractivity contribution is -0.117. The number of urea groups is 1. The van der Waals surface area contributed by atoms with Crippen molar-refractivity contribution in [3.8, 4) is 0 Å². The van der Waals surface area contributed by atoms with E-state index >= 15 is 0 Å². The lowest BCUT2D eigenvalue weighted by Crippen LogP contribution is -2.46. The number of rotatable bonds is 4. The van der Waals surface area contributed by atoms with Crippen LogP contribution in [0.1, 0.15) is 27.2 Å². The number of alkyl halides is 1. The van der Waals surface area contributed by atoms with Crippen LogP contribution in [0.25, 0.3) is 0 Å². The number of hydrogen-bond donors (Lipinski definition) is 2. The van der Waals surface area contributed by atoms with Gasteiger partial charge in [0.25, 0.3) is 0 Å². The van der Waals surface area contributed by atoms with Gasteiger partial charge < -0.3 is 5.32 Å². The predicted molar refractivity (Wildman–Crippen MR) is 56.3 cm³/mol. The summed E-state index contributed by atoms with van der Waals surface area (Å²) in [5.74, 6) is -0.342. The van der Waals surface area contributed by atoms with Crippen molar-refractivity contribution in [2.75, 3.05) is 5.88 Å². The Balaban J connectivity index is 3.97. The molecule has 0 aromatic carbocycles. The number of hydrogen-bond acceptors (Lipinski definition) is 2. The summed E-state index contributed by atoms with van der Waals surface area (Å²) >= 11 is 5.24. The molecule has 3 amide bonds. The first-order valence-corrected chi connectivity index (χ1v) is 5.21. The van der Waals surface area contributed by atoms with Crippen LogP contribution in [0.5, 0.6) is 0 Å². The molecule has 0 aromatic rings. The highest BCUT2D eigenvalue weighted by Gasteiger charge is 2.14. The minimum absolute atomic E-state index is 0.0816. The number of carbonyl (C=O) groups excluding carboxylic acids is 2. The average Bonchev–Trinajstić information content (AvgIpc) is 2.13. The molecule has 0 rings (SSSR count). The van der Waals surface area contributed by atoms with Crippen molar-refractivity contribution in [2.45, 2.75) is 33.2 Å². The van der Waals surface area contributed by atoms with Gasteiger partial charge in [-0.05, 0) is 12.3 Å². The maximum absolute atomic E-state index is 11.2. The molecule has 0 saturated carbocycles. The van der Waals surface area contributed by atoms with Gasteiger partial charge in [-0.3, -0.25) is 10.1 Å². The van der Waals surface area contributed by atoms with Crippen molar-refractivity contribution in [3.63, 3.8) is 0 Å². The van der Waals surface area contributed by atoms with E-state index in [1.165, 1.54) is 0 Å². The van der Waals surface area contributed by atoms with Crippen LogP contribution >= 0.6 is 11.6 Å². The van der Waals surface area contributed by atoms with E-state index in [0.717, 1.165) is 6.42 Å². The Bertz CT molecular complexity index is 207. The first-order chi connectivity index (χ1) is 6.51. The molecule has 0 saturated heterocycles. The second-order valence-corrected chi connectivity index (χ2v) is 3.68. The molecule has 0 fully saturated rings. The van der Waals surface area contributed by atoms with Crippen LogP contribution in [0.4, 0.5) is 4.79 Å². The summed E-state index contributed by atoms with van der Waals surface area (Å²) in [6.45, 7) is 6.00. The van der Waals surface area contributed by atoms with Crippen molar-refractivity contribution in [2.24, 2.45) is 5.92 Å². The highest BCUT2D eigenvalue weighted by molar-refractivity contribution is 6.28. The highest BCUT2D eigenvalue weighted by atomic mass is 35.5. The molecule has 0 aliphatic rings. The third-order valence-electron chi connectivity index (χ3n) is 1.94. The summed E-state index contributed by atoms with van der Waals surface area (Å²) in [6, 6.07) is -0.394. The maximum atomic E-state index is 11.2. The van der Waals surface area contributed by atoms with E-state index < -0.39 is 11.9 Å². The van der Waals surface area contributed by atoms with Gasteiger partial charge in [0, 0.05) is 6.04 Å². The third-order valence-corrected chi connectivity index (χ3v) is 2.18. The van der Waals surface area contributed by atoms with Crippen molar-refractivity contribution in [1.29, 1.82) is 0 Å². The zero-order valence-electron chi connectivity index (χ0n) is 8.76. The van der Waals surface area contributed by atoms with Crippen LogP contribution in [-0.2, 0) is 4.79 Å². The van der Waals surface area contributed by atoms with E-state index in [4.69, 9.17) is 11.6 Å². The smallest absolute Gasteiger partial charge is 0.321 e. The van der Waals surface area contributed by atoms with Gasteiger partial charge in [-0.1, -0.05) is 20.8 Å². The molecule has 0 aliphatic heterocycles. The lowest BCUT2D eigenvalue weighted by atomic mass is 10.0. The second kappa shape index (κ2) is 6.65. The Hall–Kier alpha value is -0.770. The Labute approximate surface area is 89.4 Å². The number of amides is 3. The van der Waals surface area contributed by atoms with Crippen molar-refractivity contribution in [1.82, 2.24) is 10.6 Å². The molecule has 2 N–H and O–H groups in total. The van der Waals surface area contributed by atoms with Gasteiger partial charge >= 0.3 is 6.03 Å². The van der Waals surface area contributed by atoms with E-state index in [0.29, 0.717) is 5.92 Å². The molecule has 0 bridgehead atoms. The SMILES string of the molecule is CCC(NC(=O)NC(=O)CCl)C(C)C. The van der Waals surface area contributed by atoms with Crippen LogP contribution in [0.3, 0.4) is 0 Å². The molecule has 4 nitrogen and oxygen atoms in total. The summed E-state index contributed by atoms with van der Waals surface area (Å²) in [6.07, 6.45) is 0.833. The number of imide groups is 1. The molecule has 0 spiro atoms. The molecular formula is C9H17ClN2O2. The molecule has 0 heterocycles. The first kappa shape index (κ1) is 13.2. The second-order valence-electron chi connectivity index (χ2n) is 3.41. The Morgan fingerprint density at radius 3 is 2.29 bits per heavy atom. The van der Waals surface area contributed by atoms with E-state index in [-0.39, 0.29) is 11.9 Å². The predicted octanol–water partition coefficient (Wildman–Crippen LogP) is 1.49. The van der Waals surface area contributed by atoms with E-state index in [9.17, 15) is 9.59 Å². The number of halogens is 1. The van der Waals surface area contributed by atoms with Gasteiger partial charge in [-0.15, -0.1) is 11.6 Å². The molecular weight excluding hydrogens is 204 g/mol. The maximum Gasteiger partial charge on any atom is 0.321 e. The minimum Gasteiger partial charge on any atom is -0.335 e. The molecule has 82 valence electrons. The highest BCUT2D eigenvalue weighted by Crippen LogP contribution is 2.04. The average molecular weight is 221 g/mol. The summed E-state index contributed by atoms with van der Waals surface area (Å²) < 4.78 is 0. The van der Waals surface area contributed by atoms with Crippen molar-refractivity contribution in [3.05, 3.63) is 0 Å². The van der Waals surface area contributed by atoms with Gasteiger partial charge in [0.05, 0.1) is 0 Å². The first-order valence-electron chi connectivity index (χ1n) is 4.67. The van der Waals surface area contributed by atoms with Gasteiger partial charge in [-0.25, -0.2) is 4.79 Å². The fraction of sp³-hybridized carbons (Fsp3) is 0.778. The Morgan fingerprint density at radius 2 is 1.93 bits per heavy atom. The normalized spacial score (nSPS) is 12.4. The van der Waals surface area contributed by atoms with Crippen LogP contribution in [0.2, 0.25) is 0 Å². The van der Waals surface area contributed by atoms with E-state index in [2.05, 4.69) is 10.6 Å². The summed E-state index contributed by atoms with van der Waals surface area (Å²) in [7, 11) is 0. The van der Waals surface area contributed by atoms with Gasteiger partial charge in [0.2, 0.25) is 5.91 Å². The fourth-order valence-electron chi connectivity index (χ4n) is 1.10. The molecule has 0 aromatic heterocycles. The summed E-state index contributed by atoms with van der Waals surface area (Å²) in [5.41, 5.74) is 0. The van der Waals surface area contributed by atoms with Crippen molar-refractivity contribution >= 4 is 23.5 Å². The Morgan fingerprint density at radius 1 is 1.36 bits per heavy atom. The molecule has 0 radical (unpaired) electrons. The van der Waals surface area contributed by atoms with E-state index in [1.807, 2.05) is 20.8 Å². The molecule has 14 heavy (non-hydrogen) atoms. The van der Waals surface area contributed by atoms with Gasteiger partial charge in [-0.2, -0.15) is 0 Å². The monoisotopic (exact) mass is 220 g/mol. The van der Waals surface area contributed by atoms with E-state index in [1.54, 1.807) is 0 Å². The standard InChI is InChI=1S/C9H17ClN2O2/c1-4-7(6(2)3)11-9(14)12-8(13)5-10/h6-7H,4-5H2,1-3H3,(H2,11,12,13,14). The zero-order chi connectivity index (χ0) is 11.1. The van der Waals surface area contributed by atoms with Gasteiger partial charge in [0.15, 0.2) is 0 Å². The molecule has 1 unspecified atom stereocenters. The molecule has 1 atom stereocenters. The van der Waals surface area contributed by atoms with Crippen LogP contribution in [0.15, 0.2) is 0 Å². The number of carbonyl (C=O) groups is 2. The van der Waals surface area contributed by atoms with Crippen LogP contribution in [-0.4, -0.2) is 23.9 Å². The Kier molecular flexibility index (Phi) is 6.28. The third kappa shape index (κ3) is 5.07. The quantitative estimate of drug-likeness (QED) is 0.706. The van der Waals surface area contributed by atoms with Crippen LogP contribution < -0.4 is 10.6 Å². The zero-order valence-corrected chi connectivity index (χ0v) is 9.52. The summed E-state index contributed by atoms with van der Waals surface area (Å²) in [4.78, 5) is 21.9. The summed E-state index contributed by atoms with van der Waals surface area (Å²) in [5, 5.41) is 4.83.